The summed E-state index contributed by atoms with van der Waals surface area (Å²) in [5, 5.41) is 10.2. The predicted molar refractivity (Wildman–Crippen MR) is 130 cm³/mol. The number of rotatable bonds is 4. The van der Waals surface area contributed by atoms with Gasteiger partial charge in [0, 0.05) is 23.1 Å². The number of halogens is 1. The molecule has 1 aliphatic rings. The van der Waals surface area contributed by atoms with Crippen LogP contribution < -0.4 is 4.31 Å². The van der Waals surface area contributed by atoms with E-state index in [-0.39, 0.29) is 6.42 Å². The highest BCUT2D eigenvalue weighted by Gasteiger charge is 2.32. The van der Waals surface area contributed by atoms with Gasteiger partial charge in [-0.05, 0) is 67.1 Å². The van der Waals surface area contributed by atoms with E-state index in [1.54, 1.807) is 11.9 Å². The molecule has 1 N–H and O–H groups in total. The molecule has 0 aliphatic carbocycles. The van der Waals surface area contributed by atoms with Crippen molar-refractivity contribution < 1.29 is 9.90 Å². The predicted octanol–water partition coefficient (Wildman–Crippen LogP) is 6.53. The first-order valence-electron chi connectivity index (χ1n) is 10.2. The molecule has 4 rings (SSSR count). The van der Waals surface area contributed by atoms with Gasteiger partial charge in [-0.15, -0.1) is 0 Å². The molecule has 2 aromatic carbocycles. The highest BCUT2D eigenvalue weighted by Crippen LogP contribution is 2.51. The van der Waals surface area contributed by atoms with Crippen LogP contribution >= 0.6 is 23.5 Å². The van der Waals surface area contributed by atoms with Crippen molar-refractivity contribution >= 4 is 35.2 Å². The average Bonchev–Trinajstić information content (AvgIpc) is 2.71. The third-order valence-electron chi connectivity index (χ3n) is 5.98. The third kappa shape index (κ3) is 3.70. The summed E-state index contributed by atoms with van der Waals surface area (Å²) in [6.45, 7) is 8.80. The van der Waals surface area contributed by atoms with E-state index in [0.717, 1.165) is 61.5 Å². The van der Waals surface area contributed by atoms with Crippen LogP contribution in [0.1, 0.15) is 33.5 Å². The van der Waals surface area contributed by atoms with Crippen molar-refractivity contribution in [3.63, 3.8) is 0 Å². The van der Waals surface area contributed by atoms with Gasteiger partial charge in [-0.25, -0.2) is 4.98 Å². The number of carboxylic acids is 1. The van der Waals surface area contributed by atoms with Gasteiger partial charge in [0.15, 0.2) is 0 Å². The zero-order chi connectivity index (χ0) is 22.4. The monoisotopic (exact) mass is 452 g/mol. The lowest BCUT2D eigenvalue weighted by Crippen LogP contribution is -2.23. The van der Waals surface area contributed by atoms with Gasteiger partial charge < -0.3 is 9.41 Å². The molecule has 4 nitrogen and oxygen atoms in total. The van der Waals surface area contributed by atoms with E-state index in [9.17, 15) is 9.90 Å². The van der Waals surface area contributed by atoms with Crippen molar-refractivity contribution in [2.75, 3.05) is 10.6 Å². The number of aryl methyl sites for hydroxylation is 2. The first-order valence-corrected chi connectivity index (χ1v) is 11.7. The van der Waals surface area contributed by atoms with Crippen molar-refractivity contribution in [3.05, 3.63) is 69.0 Å². The molecular weight excluding hydrogens is 428 g/mol. The highest BCUT2D eigenvalue weighted by atomic mass is 35.5. The summed E-state index contributed by atoms with van der Waals surface area (Å²) in [6.07, 6.45) is 2.02. The van der Waals surface area contributed by atoms with Crippen LogP contribution in [0.2, 0.25) is 5.15 Å². The van der Waals surface area contributed by atoms with Crippen LogP contribution in [-0.4, -0.2) is 22.3 Å². The fourth-order valence-electron chi connectivity index (χ4n) is 4.63. The van der Waals surface area contributed by atoms with Gasteiger partial charge in [0.1, 0.15) is 5.15 Å². The van der Waals surface area contributed by atoms with Crippen LogP contribution in [0, 0.1) is 27.7 Å². The normalized spacial score (nSPS) is 12.5. The number of hydrogen-bond donors (Lipinski definition) is 1. The maximum Gasteiger partial charge on any atom is 0.307 e. The van der Waals surface area contributed by atoms with Crippen LogP contribution in [0.25, 0.3) is 22.3 Å². The summed E-state index contributed by atoms with van der Waals surface area (Å²) in [6, 6.07) is 10.4. The lowest BCUT2D eigenvalue weighted by atomic mass is 9.81. The standard InChI is InChI=1S/C25H25ClN2O2S/c1-13-6-8-17(9-7-13)21-16(4)22-23-18(10-14(2)27-25(23)26)12-28(31-5)24(22)15(3)19(21)11-20(29)30/h6-10H,11-12H2,1-5H3,(H,29,30). The van der Waals surface area contributed by atoms with E-state index in [0.29, 0.717) is 11.7 Å². The average molecular weight is 453 g/mol. The Hall–Kier alpha value is -2.50. The molecule has 0 bridgehead atoms. The molecule has 0 fully saturated rings. The molecule has 1 aliphatic heterocycles. The van der Waals surface area contributed by atoms with Gasteiger partial charge in [-0.1, -0.05) is 53.4 Å². The number of carboxylic acid groups (broad SMARTS) is 1. The molecule has 160 valence electrons. The van der Waals surface area contributed by atoms with E-state index in [4.69, 9.17) is 11.6 Å². The summed E-state index contributed by atoms with van der Waals surface area (Å²) in [5.41, 5.74) is 11.1. The minimum absolute atomic E-state index is 0.0296. The number of aliphatic carboxylic acids is 1. The van der Waals surface area contributed by atoms with Crippen molar-refractivity contribution in [1.29, 1.82) is 0 Å². The van der Waals surface area contributed by atoms with E-state index >= 15 is 0 Å². The molecule has 1 aromatic heterocycles. The third-order valence-corrected chi connectivity index (χ3v) is 7.01. The summed E-state index contributed by atoms with van der Waals surface area (Å²) < 4.78 is 2.24. The maximum atomic E-state index is 11.8. The minimum Gasteiger partial charge on any atom is -0.481 e. The number of hydrogen-bond acceptors (Lipinski definition) is 4. The highest BCUT2D eigenvalue weighted by molar-refractivity contribution is 7.99. The van der Waals surface area contributed by atoms with Gasteiger partial charge in [-0.2, -0.15) is 0 Å². The molecule has 0 saturated carbocycles. The Morgan fingerprint density at radius 1 is 1.10 bits per heavy atom. The molecule has 6 heteroatoms. The second kappa shape index (κ2) is 8.21. The summed E-state index contributed by atoms with van der Waals surface area (Å²) >= 11 is 8.34. The first-order chi connectivity index (χ1) is 14.7. The number of benzene rings is 2. The van der Waals surface area contributed by atoms with Gasteiger partial charge in [0.2, 0.25) is 0 Å². The van der Waals surface area contributed by atoms with Crippen molar-refractivity contribution in [1.82, 2.24) is 4.98 Å². The number of nitrogens with zero attached hydrogens (tertiary/aromatic N) is 2. The smallest absolute Gasteiger partial charge is 0.307 e. The van der Waals surface area contributed by atoms with Gasteiger partial charge in [-0.3, -0.25) is 4.79 Å². The molecule has 0 atom stereocenters. The van der Waals surface area contributed by atoms with Gasteiger partial charge in [0.25, 0.3) is 0 Å². The molecule has 3 aromatic rings. The fraction of sp³-hybridized carbons (Fsp3) is 0.280. The number of aromatic nitrogens is 1. The van der Waals surface area contributed by atoms with Crippen molar-refractivity contribution in [2.24, 2.45) is 0 Å². The van der Waals surface area contributed by atoms with Crippen molar-refractivity contribution in [2.45, 2.75) is 40.7 Å². The Balaban J connectivity index is 2.14. The fourth-order valence-corrected chi connectivity index (χ4v) is 5.65. The topological polar surface area (TPSA) is 53.4 Å². The maximum absolute atomic E-state index is 11.8. The van der Waals surface area contributed by atoms with Crippen LogP contribution in [0.15, 0.2) is 30.3 Å². The van der Waals surface area contributed by atoms with E-state index in [1.165, 1.54) is 0 Å². The Labute approximate surface area is 192 Å². The van der Waals surface area contributed by atoms with Gasteiger partial charge in [0.05, 0.1) is 18.7 Å². The molecule has 0 saturated heterocycles. The summed E-state index contributed by atoms with van der Waals surface area (Å²) in [5.74, 6) is -0.835. The number of carbonyl (C=O) groups is 1. The lowest BCUT2D eigenvalue weighted by molar-refractivity contribution is -0.136. The Kier molecular flexibility index (Phi) is 5.75. The van der Waals surface area contributed by atoms with Crippen LogP contribution in [-0.2, 0) is 17.8 Å². The largest absolute Gasteiger partial charge is 0.481 e. The van der Waals surface area contributed by atoms with E-state index < -0.39 is 5.97 Å². The number of pyridine rings is 1. The lowest BCUT2D eigenvalue weighted by Gasteiger charge is -2.36. The van der Waals surface area contributed by atoms with Crippen LogP contribution in [0.4, 0.5) is 5.69 Å². The molecule has 0 amide bonds. The van der Waals surface area contributed by atoms with E-state index in [2.05, 4.69) is 46.5 Å². The van der Waals surface area contributed by atoms with Crippen molar-refractivity contribution in [3.8, 4) is 22.3 Å². The number of fused-ring (bicyclic) bond motifs is 3. The zero-order valence-corrected chi connectivity index (χ0v) is 19.9. The Morgan fingerprint density at radius 3 is 2.39 bits per heavy atom. The first kappa shape index (κ1) is 21.7. The Bertz CT molecular complexity index is 1210. The SMILES string of the molecule is CSN1Cc2cc(C)nc(Cl)c2-c2c(C)c(-c3ccc(C)cc3)c(CC(=O)O)c(C)c21. The van der Waals surface area contributed by atoms with Gasteiger partial charge >= 0.3 is 5.97 Å². The second-order valence-corrected chi connectivity index (χ2v) is 9.24. The van der Waals surface area contributed by atoms with Crippen LogP contribution in [0.5, 0.6) is 0 Å². The van der Waals surface area contributed by atoms with E-state index in [1.807, 2.05) is 27.0 Å². The molecule has 31 heavy (non-hydrogen) atoms. The van der Waals surface area contributed by atoms with Crippen LogP contribution in [0.3, 0.4) is 0 Å². The molecule has 0 unspecified atom stereocenters. The molecular formula is C25H25ClN2O2S. The number of anilines is 1. The summed E-state index contributed by atoms with van der Waals surface area (Å²) in [4.78, 5) is 16.4. The summed E-state index contributed by atoms with van der Waals surface area (Å²) in [7, 11) is 0. The molecule has 0 spiro atoms. The quantitative estimate of drug-likeness (QED) is 0.360. The zero-order valence-electron chi connectivity index (χ0n) is 18.3. The Morgan fingerprint density at radius 2 is 1.77 bits per heavy atom. The second-order valence-electron chi connectivity index (χ2n) is 8.07. The molecule has 2 heterocycles. The molecule has 0 radical (unpaired) electrons. The minimum atomic E-state index is -0.835.